The number of hydrogen-bond donors (Lipinski definition) is 0. The number of oxazole rings is 1. The summed E-state index contributed by atoms with van der Waals surface area (Å²) < 4.78 is 23.8. The maximum Gasteiger partial charge on any atom is 0.376 e. The SMILES string of the molecule is CCOC(=O)c1oc(-c2cc(Cl)ccc2F)nc1C. The minimum atomic E-state index is -0.624. The molecule has 0 saturated carbocycles. The second kappa shape index (κ2) is 5.40. The van der Waals surface area contributed by atoms with E-state index in [1.807, 2.05) is 0 Å². The van der Waals surface area contributed by atoms with Gasteiger partial charge in [0, 0.05) is 5.02 Å². The molecule has 0 fully saturated rings. The molecule has 100 valence electrons. The predicted octanol–water partition coefficient (Wildman–Crippen LogP) is 3.62. The fourth-order valence-electron chi connectivity index (χ4n) is 1.56. The highest BCUT2D eigenvalue weighted by Crippen LogP contribution is 2.27. The number of nitrogens with zero attached hydrogens (tertiary/aromatic N) is 1. The summed E-state index contributed by atoms with van der Waals surface area (Å²) in [4.78, 5) is 15.6. The Kier molecular flexibility index (Phi) is 3.85. The molecule has 0 unspecified atom stereocenters. The van der Waals surface area contributed by atoms with Gasteiger partial charge in [-0.1, -0.05) is 11.6 Å². The van der Waals surface area contributed by atoms with Crippen LogP contribution in [0.4, 0.5) is 4.39 Å². The van der Waals surface area contributed by atoms with E-state index in [-0.39, 0.29) is 23.8 Å². The van der Waals surface area contributed by atoms with E-state index in [1.54, 1.807) is 13.8 Å². The molecule has 1 aromatic carbocycles. The summed E-state index contributed by atoms with van der Waals surface area (Å²) in [5.41, 5.74) is 0.443. The number of ether oxygens (including phenoxy) is 1. The van der Waals surface area contributed by atoms with Gasteiger partial charge >= 0.3 is 5.97 Å². The van der Waals surface area contributed by atoms with E-state index >= 15 is 0 Å². The topological polar surface area (TPSA) is 52.3 Å². The monoisotopic (exact) mass is 283 g/mol. The molecular formula is C13H11ClFNO3. The molecule has 2 rings (SSSR count). The van der Waals surface area contributed by atoms with Gasteiger partial charge in [0.1, 0.15) is 5.82 Å². The Morgan fingerprint density at radius 3 is 2.95 bits per heavy atom. The highest BCUT2D eigenvalue weighted by molar-refractivity contribution is 6.30. The third-order valence-electron chi connectivity index (χ3n) is 2.42. The van der Waals surface area contributed by atoms with Crippen molar-refractivity contribution in [3.8, 4) is 11.5 Å². The highest BCUT2D eigenvalue weighted by Gasteiger charge is 2.21. The van der Waals surface area contributed by atoms with Crippen molar-refractivity contribution in [1.82, 2.24) is 4.98 Å². The fraction of sp³-hybridized carbons (Fsp3) is 0.231. The van der Waals surface area contributed by atoms with Gasteiger partial charge in [-0.2, -0.15) is 0 Å². The van der Waals surface area contributed by atoms with Gasteiger partial charge in [-0.3, -0.25) is 0 Å². The third-order valence-corrected chi connectivity index (χ3v) is 2.65. The normalized spacial score (nSPS) is 10.5. The lowest BCUT2D eigenvalue weighted by molar-refractivity contribution is 0.0490. The van der Waals surface area contributed by atoms with Gasteiger partial charge in [-0.15, -0.1) is 0 Å². The average Bonchev–Trinajstić information content (AvgIpc) is 2.74. The van der Waals surface area contributed by atoms with Crippen molar-refractivity contribution in [3.05, 3.63) is 40.5 Å². The largest absolute Gasteiger partial charge is 0.460 e. The van der Waals surface area contributed by atoms with Crippen molar-refractivity contribution in [2.24, 2.45) is 0 Å². The lowest BCUT2D eigenvalue weighted by atomic mass is 10.2. The van der Waals surface area contributed by atoms with Crippen molar-refractivity contribution in [2.45, 2.75) is 13.8 Å². The van der Waals surface area contributed by atoms with Crippen LogP contribution in [0.3, 0.4) is 0 Å². The fourth-order valence-corrected chi connectivity index (χ4v) is 1.73. The van der Waals surface area contributed by atoms with Gasteiger partial charge in [0.15, 0.2) is 0 Å². The predicted molar refractivity (Wildman–Crippen MR) is 67.6 cm³/mol. The number of benzene rings is 1. The summed E-state index contributed by atoms with van der Waals surface area (Å²) in [6.45, 7) is 3.49. The standard InChI is InChI=1S/C13H11ClFNO3/c1-3-18-13(17)11-7(2)16-12(19-11)9-6-8(14)4-5-10(9)15/h4-6H,3H2,1-2H3. The molecule has 0 bridgehead atoms. The van der Waals surface area contributed by atoms with Crippen molar-refractivity contribution in [3.63, 3.8) is 0 Å². The first-order valence-electron chi connectivity index (χ1n) is 5.63. The molecule has 0 saturated heterocycles. The van der Waals surface area contributed by atoms with E-state index in [1.165, 1.54) is 18.2 Å². The van der Waals surface area contributed by atoms with Crippen LogP contribution in [0.5, 0.6) is 0 Å². The summed E-state index contributed by atoms with van der Waals surface area (Å²) >= 11 is 5.80. The molecule has 1 aromatic heterocycles. The number of halogens is 2. The molecule has 0 N–H and O–H groups in total. The molecule has 0 aliphatic heterocycles. The van der Waals surface area contributed by atoms with E-state index in [0.717, 1.165) is 0 Å². The van der Waals surface area contributed by atoms with Crippen LogP contribution in [0, 0.1) is 12.7 Å². The van der Waals surface area contributed by atoms with Gasteiger partial charge < -0.3 is 9.15 Å². The highest BCUT2D eigenvalue weighted by atomic mass is 35.5. The molecule has 2 aromatic rings. The van der Waals surface area contributed by atoms with Gasteiger partial charge in [0.05, 0.1) is 17.9 Å². The molecule has 0 radical (unpaired) electrons. The van der Waals surface area contributed by atoms with Crippen molar-refractivity contribution < 1.29 is 18.3 Å². The lowest BCUT2D eigenvalue weighted by Gasteiger charge is -1.99. The Labute approximate surface area is 114 Å². The van der Waals surface area contributed by atoms with E-state index in [2.05, 4.69) is 4.98 Å². The van der Waals surface area contributed by atoms with Crippen LogP contribution >= 0.6 is 11.6 Å². The smallest absolute Gasteiger partial charge is 0.376 e. The third kappa shape index (κ3) is 2.76. The van der Waals surface area contributed by atoms with E-state index in [4.69, 9.17) is 20.8 Å². The molecule has 0 aliphatic carbocycles. The van der Waals surface area contributed by atoms with Gasteiger partial charge in [-0.05, 0) is 32.0 Å². The van der Waals surface area contributed by atoms with E-state index in [0.29, 0.717) is 10.7 Å². The van der Waals surface area contributed by atoms with Crippen molar-refractivity contribution >= 4 is 17.6 Å². The molecule has 1 heterocycles. The van der Waals surface area contributed by atoms with Gasteiger partial charge in [0.25, 0.3) is 0 Å². The minimum absolute atomic E-state index is 0.000512. The quantitative estimate of drug-likeness (QED) is 0.807. The first-order valence-corrected chi connectivity index (χ1v) is 6.00. The molecule has 0 amide bonds. The number of hydrogen-bond acceptors (Lipinski definition) is 4. The van der Waals surface area contributed by atoms with E-state index < -0.39 is 11.8 Å². The number of esters is 1. The number of rotatable bonds is 3. The number of aromatic nitrogens is 1. The zero-order valence-corrected chi connectivity index (χ0v) is 11.1. The zero-order valence-electron chi connectivity index (χ0n) is 10.4. The Bertz CT molecular complexity index is 624. The average molecular weight is 284 g/mol. The maximum atomic E-state index is 13.7. The van der Waals surface area contributed by atoms with Crippen LogP contribution in [-0.4, -0.2) is 17.6 Å². The summed E-state index contributed by atoms with van der Waals surface area (Å²) in [5.74, 6) is -1.18. The van der Waals surface area contributed by atoms with Crippen LogP contribution in [0.2, 0.25) is 5.02 Å². The molecular weight excluding hydrogens is 273 g/mol. The van der Waals surface area contributed by atoms with Crippen molar-refractivity contribution in [2.75, 3.05) is 6.61 Å². The number of carbonyl (C=O) groups excluding carboxylic acids is 1. The lowest BCUT2D eigenvalue weighted by Crippen LogP contribution is -2.04. The van der Waals surface area contributed by atoms with Crippen LogP contribution in [-0.2, 0) is 4.74 Å². The molecule has 19 heavy (non-hydrogen) atoms. The number of aryl methyl sites for hydroxylation is 1. The molecule has 6 heteroatoms. The summed E-state index contributed by atoms with van der Waals surface area (Å²) in [7, 11) is 0. The van der Waals surface area contributed by atoms with Crippen LogP contribution in [0.1, 0.15) is 23.2 Å². The summed E-state index contributed by atoms with van der Waals surface area (Å²) in [5, 5.41) is 0.352. The summed E-state index contributed by atoms with van der Waals surface area (Å²) in [6.07, 6.45) is 0. The van der Waals surface area contributed by atoms with Crippen molar-refractivity contribution in [1.29, 1.82) is 0 Å². The van der Waals surface area contributed by atoms with Gasteiger partial charge in [0.2, 0.25) is 11.7 Å². The Hall–Kier alpha value is -1.88. The first kappa shape index (κ1) is 13.5. The Balaban J connectivity index is 2.44. The van der Waals surface area contributed by atoms with Crippen LogP contribution in [0.15, 0.2) is 22.6 Å². The minimum Gasteiger partial charge on any atom is -0.460 e. The number of carbonyl (C=O) groups is 1. The maximum absolute atomic E-state index is 13.7. The second-order valence-corrected chi connectivity index (χ2v) is 4.21. The zero-order chi connectivity index (χ0) is 14.0. The van der Waals surface area contributed by atoms with Crippen LogP contribution < -0.4 is 0 Å². The van der Waals surface area contributed by atoms with E-state index in [9.17, 15) is 9.18 Å². The Morgan fingerprint density at radius 2 is 2.26 bits per heavy atom. The molecule has 0 spiro atoms. The Morgan fingerprint density at radius 1 is 1.53 bits per heavy atom. The van der Waals surface area contributed by atoms with Crippen LogP contribution in [0.25, 0.3) is 11.5 Å². The molecule has 0 atom stereocenters. The molecule has 4 nitrogen and oxygen atoms in total. The van der Waals surface area contributed by atoms with Gasteiger partial charge in [-0.25, -0.2) is 14.2 Å². The first-order chi connectivity index (χ1) is 9.02. The molecule has 0 aliphatic rings. The second-order valence-electron chi connectivity index (χ2n) is 3.78. The summed E-state index contributed by atoms with van der Waals surface area (Å²) in [6, 6.07) is 4.01.